The van der Waals surface area contributed by atoms with Gasteiger partial charge < -0.3 is 9.84 Å². The molecule has 0 bridgehead atoms. The first kappa shape index (κ1) is 15.7. The van der Waals surface area contributed by atoms with Gasteiger partial charge in [-0.1, -0.05) is 25.9 Å². The predicted octanol–water partition coefficient (Wildman–Crippen LogP) is 1.83. The van der Waals surface area contributed by atoms with E-state index >= 15 is 0 Å². The minimum absolute atomic E-state index is 0. The molecule has 1 N–H and O–H groups in total. The van der Waals surface area contributed by atoms with E-state index in [2.05, 4.69) is 41.1 Å². The van der Waals surface area contributed by atoms with Crippen molar-refractivity contribution in [1.29, 1.82) is 0 Å². The van der Waals surface area contributed by atoms with Crippen LogP contribution in [0.3, 0.4) is 0 Å². The van der Waals surface area contributed by atoms with E-state index in [0.717, 1.165) is 43.2 Å². The van der Waals surface area contributed by atoms with Crippen LogP contribution >= 0.6 is 12.4 Å². The fourth-order valence-electron chi connectivity index (χ4n) is 3.08. The van der Waals surface area contributed by atoms with Crippen molar-refractivity contribution in [3.05, 3.63) is 11.7 Å². The Kier molecular flexibility index (Phi) is 4.72. The van der Waals surface area contributed by atoms with Gasteiger partial charge >= 0.3 is 0 Å². The number of hydrogen-bond acceptors (Lipinski definition) is 5. The highest BCUT2D eigenvalue weighted by atomic mass is 35.5. The van der Waals surface area contributed by atoms with Crippen LogP contribution in [0.1, 0.15) is 38.9 Å². The van der Waals surface area contributed by atoms with Crippen molar-refractivity contribution in [2.75, 3.05) is 26.2 Å². The number of likely N-dealkylation sites (tertiary alicyclic amines) is 1. The second-order valence-corrected chi connectivity index (χ2v) is 6.97. The summed E-state index contributed by atoms with van der Waals surface area (Å²) in [5.74, 6) is 3.25. The molecule has 2 atom stereocenters. The largest absolute Gasteiger partial charge is 0.339 e. The standard InChI is InChI=1S/C14H24N4O.ClH/c1-14(2,3)13-16-12(17-19-13)9-18-5-4-10-6-15-7-11(10)8-18;/h10-11,15H,4-9H2,1-3H3;1H. The number of hydrogen-bond donors (Lipinski definition) is 1. The normalized spacial score (nSPS) is 27.1. The van der Waals surface area contributed by atoms with Crippen molar-refractivity contribution in [3.8, 4) is 0 Å². The molecule has 0 saturated carbocycles. The van der Waals surface area contributed by atoms with Gasteiger partial charge in [0.05, 0.1) is 6.54 Å². The van der Waals surface area contributed by atoms with E-state index in [1.54, 1.807) is 0 Å². The van der Waals surface area contributed by atoms with Crippen LogP contribution in [0, 0.1) is 11.8 Å². The average Bonchev–Trinajstić information content (AvgIpc) is 2.95. The third-order valence-electron chi connectivity index (χ3n) is 4.26. The molecular weight excluding hydrogens is 276 g/mol. The van der Waals surface area contributed by atoms with Gasteiger partial charge in [-0.3, -0.25) is 4.90 Å². The third kappa shape index (κ3) is 3.32. The van der Waals surface area contributed by atoms with Crippen LogP contribution in [-0.2, 0) is 12.0 Å². The summed E-state index contributed by atoms with van der Waals surface area (Å²) >= 11 is 0. The molecule has 0 spiro atoms. The summed E-state index contributed by atoms with van der Waals surface area (Å²) in [6.07, 6.45) is 1.29. The molecule has 1 aromatic heterocycles. The van der Waals surface area contributed by atoms with Gasteiger partial charge in [0.1, 0.15) is 0 Å². The molecule has 2 aliphatic heterocycles. The predicted molar refractivity (Wildman–Crippen MR) is 80.0 cm³/mol. The van der Waals surface area contributed by atoms with Crippen molar-refractivity contribution in [1.82, 2.24) is 20.4 Å². The lowest BCUT2D eigenvalue weighted by Crippen LogP contribution is -2.39. The Balaban J connectivity index is 0.00000147. The Morgan fingerprint density at radius 1 is 1.30 bits per heavy atom. The quantitative estimate of drug-likeness (QED) is 0.903. The van der Waals surface area contributed by atoms with Crippen LogP contribution in [0.25, 0.3) is 0 Å². The van der Waals surface area contributed by atoms with Crippen LogP contribution in [0.2, 0.25) is 0 Å². The van der Waals surface area contributed by atoms with Crippen molar-refractivity contribution in [2.24, 2.45) is 11.8 Å². The molecule has 0 amide bonds. The highest BCUT2D eigenvalue weighted by Crippen LogP contribution is 2.27. The van der Waals surface area contributed by atoms with Gasteiger partial charge in [-0.15, -0.1) is 12.4 Å². The molecule has 6 heteroatoms. The van der Waals surface area contributed by atoms with Gasteiger partial charge in [0.2, 0.25) is 5.89 Å². The first-order valence-corrected chi connectivity index (χ1v) is 7.28. The van der Waals surface area contributed by atoms with Gasteiger partial charge in [-0.05, 0) is 37.9 Å². The lowest BCUT2D eigenvalue weighted by atomic mass is 9.89. The monoisotopic (exact) mass is 300 g/mol. The van der Waals surface area contributed by atoms with Crippen molar-refractivity contribution >= 4 is 12.4 Å². The second kappa shape index (κ2) is 6.00. The Morgan fingerprint density at radius 3 is 2.75 bits per heavy atom. The zero-order chi connectivity index (χ0) is 13.5. The zero-order valence-electron chi connectivity index (χ0n) is 12.6. The molecular formula is C14H25ClN4O. The summed E-state index contributed by atoms with van der Waals surface area (Å²) in [5.41, 5.74) is -0.0619. The molecule has 2 saturated heterocycles. The number of aromatic nitrogens is 2. The van der Waals surface area contributed by atoms with Gasteiger partial charge in [-0.2, -0.15) is 4.98 Å². The van der Waals surface area contributed by atoms with E-state index in [1.165, 1.54) is 19.5 Å². The number of fused-ring (bicyclic) bond motifs is 1. The summed E-state index contributed by atoms with van der Waals surface area (Å²) < 4.78 is 5.36. The van der Waals surface area contributed by atoms with Crippen LogP contribution in [-0.4, -0.2) is 41.2 Å². The van der Waals surface area contributed by atoms with Crippen LogP contribution in [0.4, 0.5) is 0 Å². The summed E-state index contributed by atoms with van der Waals surface area (Å²) in [4.78, 5) is 6.99. The van der Waals surface area contributed by atoms with E-state index in [0.29, 0.717) is 0 Å². The topological polar surface area (TPSA) is 54.2 Å². The fraction of sp³-hybridized carbons (Fsp3) is 0.857. The Bertz CT molecular complexity index is 443. The van der Waals surface area contributed by atoms with Crippen molar-refractivity contribution < 1.29 is 4.52 Å². The molecule has 20 heavy (non-hydrogen) atoms. The van der Waals surface area contributed by atoms with Crippen molar-refractivity contribution in [3.63, 3.8) is 0 Å². The molecule has 2 fully saturated rings. The highest BCUT2D eigenvalue weighted by Gasteiger charge is 2.33. The maximum absolute atomic E-state index is 5.36. The van der Waals surface area contributed by atoms with Gasteiger partial charge in [0.15, 0.2) is 5.82 Å². The number of halogens is 1. The lowest BCUT2D eigenvalue weighted by Gasteiger charge is -2.33. The number of rotatable bonds is 2. The van der Waals surface area contributed by atoms with Gasteiger partial charge in [0, 0.05) is 12.0 Å². The molecule has 2 aliphatic rings. The van der Waals surface area contributed by atoms with Crippen LogP contribution < -0.4 is 5.32 Å². The molecule has 3 rings (SSSR count). The maximum atomic E-state index is 5.36. The zero-order valence-corrected chi connectivity index (χ0v) is 13.4. The number of nitrogens with one attached hydrogen (secondary N) is 1. The third-order valence-corrected chi connectivity index (χ3v) is 4.26. The number of nitrogens with zero attached hydrogens (tertiary/aromatic N) is 3. The summed E-state index contributed by atoms with van der Waals surface area (Å²) in [5, 5.41) is 7.62. The second-order valence-electron chi connectivity index (χ2n) is 6.97. The Morgan fingerprint density at radius 2 is 2.05 bits per heavy atom. The number of piperidine rings is 1. The fourth-order valence-corrected chi connectivity index (χ4v) is 3.08. The molecule has 3 heterocycles. The Hall–Kier alpha value is -0.650. The van der Waals surface area contributed by atoms with E-state index in [1.807, 2.05) is 0 Å². The summed E-state index contributed by atoms with van der Waals surface area (Å²) in [6.45, 7) is 11.8. The SMILES string of the molecule is CC(C)(C)c1nc(CN2CCC3CNCC3C2)no1.Cl. The van der Waals surface area contributed by atoms with Gasteiger partial charge in [-0.25, -0.2) is 0 Å². The average molecular weight is 301 g/mol. The van der Waals surface area contributed by atoms with E-state index < -0.39 is 0 Å². The molecule has 1 aromatic rings. The van der Waals surface area contributed by atoms with Crippen LogP contribution in [0.5, 0.6) is 0 Å². The summed E-state index contributed by atoms with van der Waals surface area (Å²) in [7, 11) is 0. The van der Waals surface area contributed by atoms with E-state index in [4.69, 9.17) is 4.52 Å². The van der Waals surface area contributed by atoms with E-state index in [-0.39, 0.29) is 17.8 Å². The summed E-state index contributed by atoms with van der Waals surface area (Å²) in [6, 6.07) is 0. The molecule has 5 nitrogen and oxygen atoms in total. The highest BCUT2D eigenvalue weighted by molar-refractivity contribution is 5.85. The first-order chi connectivity index (χ1) is 9.02. The molecule has 2 unspecified atom stereocenters. The molecule has 0 radical (unpaired) electrons. The first-order valence-electron chi connectivity index (χ1n) is 7.28. The van der Waals surface area contributed by atoms with Crippen LogP contribution in [0.15, 0.2) is 4.52 Å². The lowest BCUT2D eigenvalue weighted by molar-refractivity contribution is 0.138. The minimum Gasteiger partial charge on any atom is -0.339 e. The maximum Gasteiger partial charge on any atom is 0.232 e. The molecule has 114 valence electrons. The molecule has 0 aliphatic carbocycles. The molecule has 0 aromatic carbocycles. The smallest absolute Gasteiger partial charge is 0.232 e. The minimum atomic E-state index is -0.0619. The van der Waals surface area contributed by atoms with Gasteiger partial charge in [0.25, 0.3) is 0 Å². The van der Waals surface area contributed by atoms with Crippen molar-refractivity contribution in [2.45, 2.75) is 39.2 Å². The Labute approximate surface area is 126 Å². The van der Waals surface area contributed by atoms with E-state index in [9.17, 15) is 0 Å².